The van der Waals surface area contributed by atoms with Gasteiger partial charge in [-0.25, -0.2) is 0 Å². The van der Waals surface area contributed by atoms with Crippen molar-refractivity contribution >= 4 is 31.2 Å². The van der Waals surface area contributed by atoms with Gasteiger partial charge in [0.15, 0.2) is 0 Å². The molecule has 2 aromatic carbocycles. The van der Waals surface area contributed by atoms with Gasteiger partial charge in [0.2, 0.25) is 0 Å². The summed E-state index contributed by atoms with van der Waals surface area (Å²) in [5.74, 6) is 0. The summed E-state index contributed by atoms with van der Waals surface area (Å²) in [4.78, 5) is 0. The number of hydrogen-bond donors (Lipinski definition) is 0. The summed E-state index contributed by atoms with van der Waals surface area (Å²) in [6, 6.07) is 16.9. The van der Waals surface area contributed by atoms with Crippen LogP contribution in [0.25, 0.3) is 21.8 Å². The van der Waals surface area contributed by atoms with E-state index in [1.54, 1.807) is 0 Å². The molecule has 1 nitrogen and oxygen atoms in total. The maximum absolute atomic E-state index is 2.76. The van der Waals surface area contributed by atoms with Crippen molar-refractivity contribution < 1.29 is 340 Å². The Morgan fingerprint density at radius 1 is 0.478 bits per heavy atom. The molecule has 140 valence electrons. The van der Waals surface area contributed by atoms with Crippen LogP contribution in [0.15, 0.2) is 48.5 Å². The molecule has 0 fully saturated rings. The summed E-state index contributed by atoms with van der Waals surface area (Å²) < 4.78 is 2.16. The molecule has 0 saturated carbocycles. The molecule has 0 aliphatic rings. The molecule has 3 rings (SSSR count). The Bertz CT molecular complexity index is 579. The van der Waals surface area contributed by atoms with Gasteiger partial charge in [-0.2, -0.15) is 0 Å². The zero-order valence-electron chi connectivity index (χ0n) is 10.8. The molecule has 0 aliphatic heterocycles. The number of aromatic nitrogens is 1. The predicted octanol–water partition coefficient (Wildman–Crippen LogP) is 3.43. The summed E-state index contributed by atoms with van der Waals surface area (Å²) in [6.07, 6.45) is 0. The first-order valence-corrected chi connectivity index (χ1v) is 5.13. The summed E-state index contributed by atoms with van der Waals surface area (Å²) in [5.41, 5.74) is 2.53. The molecular weight excluding hydrogens is 549 g/mol. The summed E-state index contributed by atoms with van der Waals surface area (Å²) >= 11 is 0. The van der Waals surface area contributed by atoms with Crippen molar-refractivity contribution in [3.8, 4) is 0 Å². The van der Waals surface area contributed by atoms with Crippen molar-refractivity contribution in [2.75, 3.05) is 0 Å². The van der Waals surface area contributed by atoms with E-state index in [9.17, 15) is 0 Å². The molecule has 0 saturated heterocycles. The van der Waals surface area contributed by atoms with E-state index in [2.05, 4.69) is 62.3 Å². The van der Waals surface area contributed by atoms with Crippen molar-refractivity contribution in [3.63, 3.8) is 0 Å². The monoisotopic (exact) mass is 559 g/mol. The van der Waals surface area contributed by atoms with Gasteiger partial charge >= 0.3 is 0 Å². The molecule has 0 amide bonds. The Morgan fingerprint density at radius 2 is 0.739 bits per heavy atom. The van der Waals surface area contributed by atoms with Crippen LogP contribution in [-0.2, 0) is 0 Å². The number of nitrogens with zero attached hydrogens (tertiary/aromatic N) is 1. The Labute approximate surface area is 410 Å². The second-order valence-corrected chi connectivity index (χ2v) is 3.92. The molecule has 23 heavy (non-hydrogen) atoms. The molecule has 0 bridgehead atoms. The molecule has 11 heteroatoms. The minimum Gasteiger partial charge on any atom is -0.325 e. The minimum absolute atomic E-state index is 0. The average molecular weight is 559 g/mol. The van der Waals surface area contributed by atoms with Crippen molar-refractivity contribution in [3.05, 3.63) is 48.5 Å². The third-order valence-electron chi connectivity index (χ3n) is 2.62. The molecule has 0 radical (unpaired) electrons. The zero-order valence-corrected chi connectivity index (χ0v) is 18.3. The molecule has 0 aliphatic carbocycles. The average Bonchev–Trinajstić information content (AvgIpc) is 2.55. The topological polar surface area (TPSA) is 4.93 Å². The van der Waals surface area contributed by atoms with E-state index < -0.39 is 0 Å². The Hall–Kier alpha value is 10.0. The van der Waals surface area contributed by atoms with Crippen molar-refractivity contribution in [1.29, 1.82) is 0 Å². The fourth-order valence-corrected chi connectivity index (χ4v) is 2.40. The second kappa shape index (κ2) is 28.2. The standard InChI is InChI=1S/C12H10NP.9Ar/c14-13-11-7-3-1-5-9(11)10-6-2-4-8-12(10)13;;;;;;;;;/h1-8H,14H2;;;;;;;;;. The van der Waals surface area contributed by atoms with E-state index in [0.717, 1.165) is 0 Å². The van der Waals surface area contributed by atoms with Crippen LogP contribution in [0.3, 0.4) is 0 Å². The second-order valence-electron chi connectivity index (χ2n) is 3.40. The first kappa shape index (κ1) is 50.0. The molecule has 0 N–H and O–H groups in total. The van der Waals surface area contributed by atoms with Crippen LogP contribution in [0, 0.1) is 340 Å². The summed E-state index contributed by atoms with van der Waals surface area (Å²) in [5, 5.41) is 2.64. The Kier molecular flexibility index (Phi) is 61.4. The molecular formula is C12H10Ar9NP. The molecule has 1 heterocycles. The van der Waals surface area contributed by atoms with Gasteiger partial charge in [0.25, 0.3) is 0 Å². The van der Waals surface area contributed by atoms with Crippen LogP contribution in [0.4, 0.5) is 0 Å². The fraction of sp³-hybridized carbons (Fsp3) is 0. The van der Waals surface area contributed by atoms with Gasteiger partial charge in [-0.1, -0.05) is 36.4 Å². The van der Waals surface area contributed by atoms with Crippen LogP contribution in [-0.4, -0.2) is 4.34 Å². The largest absolute Gasteiger partial charge is 0.325 e. The molecule has 1 aromatic heterocycles. The van der Waals surface area contributed by atoms with Crippen LogP contribution >= 0.6 is 9.39 Å². The van der Waals surface area contributed by atoms with Gasteiger partial charge in [0, 0.05) is 350 Å². The van der Waals surface area contributed by atoms with Gasteiger partial charge in [0.05, 0.1) is 11.0 Å². The van der Waals surface area contributed by atoms with Crippen molar-refractivity contribution in [1.82, 2.24) is 4.34 Å². The number of hydrogen-bond acceptors (Lipinski definition) is 0. The Balaban J connectivity index is -0.0000000569. The van der Waals surface area contributed by atoms with E-state index in [-0.39, 0.29) is 340 Å². The van der Waals surface area contributed by atoms with E-state index >= 15 is 0 Å². The van der Waals surface area contributed by atoms with Crippen LogP contribution < -0.4 is 0 Å². The van der Waals surface area contributed by atoms with Crippen LogP contribution in [0.5, 0.6) is 0 Å². The molecule has 3 aromatic rings. The first-order chi connectivity index (χ1) is 6.88. The van der Waals surface area contributed by atoms with Crippen LogP contribution in [0.2, 0.25) is 0 Å². The number of benzene rings is 2. The van der Waals surface area contributed by atoms with Crippen molar-refractivity contribution in [2.24, 2.45) is 0 Å². The summed E-state index contributed by atoms with van der Waals surface area (Å²) in [6.45, 7) is 0. The van der Waals surface area contributed by atoms with E-state index in [4.69, 9.17) is 0 Å². The van der Waals surface area contributed by atoms with Gasteiger partial charge in [-0.05, 0) is 21.5 Å². The van der Waals surface area contributed by atoms with Gasteiger partial charge in [-0.3, -0.25) is 0 Å². The third kappa shape index (κ3) is 14.9. The molecule has 0 spiro atoms. The third-order valence-corrected chi connectivity index (χ3v) is 3.17. The number of rotatable bonds is 0. The SMILES string of the molecule is Pn1c2ccccc2c2ccccc21.[Ar].[Ar].[Ar].[Ar].[Ar].[Ar].[Ar].[Ar].[Ar]. The minimum atomic E-state index is 0. The number of para-hydroxylation sites is 2. The number of fused-ring (bicyclic) bond motifs is 3. The molecule has 1 unspecified atom stereocenters. The summed E-state index contributed by atoms with van der Waals surface area (Å²) in [7, 11) is 2.76. The van der Waals surface area contributed by atoms with Gasteiger partial charge in [-0.15, -0.1) is 0 Å². The maximum Gasteiger partial charge on any atom is 0.0521 e. The van der Waals surface area contributed by atoms with E-state index in [1.807, 2.05) is 0 Å². The van der Waals surface area contributed by atoms with Gasteiger partial charge in [0.1, 0.15) is 0 Å². The van der Waals surface area contributed by atoms with Gasteiger partial charge < -0.3 is 4.34 Å². The fourth-order valence-electron chi connectivity index (χ4n) is 1.95. The predicted molar refractivity (Wildman–Crippen MR) is 64.6 cm³/mol. The normalized spacial score (nSPS) is 6.83. The quantitative estimate of drug-likeness (QED) is 0.373. The first-order valence-electron chi connectivity index (χ1n) is 4.61. The smallest absolute Gasteiger partial charge is 0.0521 e. The van der Waals surface area contributed by atoms with Crippen molar-refractivity contribution in [2.45, 2.75) is 0 Å². The Morgan fingerprint density at radius 3 is 1.04 bits per heavy atom. The van der Waals surface area contributed by atoms with Crippen LogP contribution in [0.1, 0.15) is 0 Å². The molecule has 1 atom stereocenters. The van der Waals surface area contributed by atoms with E-state index in [0.29, 0.717) is 0 Å². The van der Waals surface area contributed by atoms with E-state index in [1.165, 1.54) is 21.8 Å². The maximum atomic E-state index is 2.76. The zero-order chi connectivity index (χ0) is 9.54.